The molecule has 3 rings (SSSR count). The third-order valence-corrected chi connectivity index (χ3v) is 3.66. The molecule has 7 heteroatoms. The highest BCUT2D eigenvalue weighted by Crippen LogP contribution is 2.30. The molecule has 0 aliphatic heterocycles. The van der Waals surface area contributed by atoms with Gasteiger partial charge in [-0.1, -0.05) is 29.8 Å². The fourth-order valence-electron chi connectivity index (χ4n) is 2.33. The van der Waals surface area contributed by atoms with E-state index < -0.39 is 4.92 Å². The Hall–Kier alpha value is -3.74. The van der Waals surface area contributed by atoms with Crippen LogP contribution in [0.4, 0.5) is 5.69 Å². The molecule has 0 aliphatic carbocycles. The summed E-state index contributed by atoms with van der Waals surface area (Å²) < 4.78 is 5.56. The predicted molar refractivity (Wildman–Crippen MR) is 97.0 cm³/mol. The topological polar surface area (TPSA) is 97.7 Å². The molecule has 1 heterocycles. The van der Waals surface area contributed by atoms with Crippen molar-refractivity contribution < 1.29 is 14.1 Å². The van der Waals surface area contributed by atoms with Crippen LogP contribution in [0.5, 0.6) is 0 Å². The molecule has 0 fully saturated rings. The Morgan fingerprint density at radius 2 is 1.85 bits per heavy atom. The van der Waals surface area contributed by atoms with Crippen molar-refractivity contribution in [3.8, 4) is 11.3 Å². The Labute approximate surface area is 149 Å². The van der Waals surface area contributed by atoms with Crippen LogP contribution >= 0.6 is 0 Å². The van der Waals surface area contributed by atoms with Gasteiger partial charge in [-0.05, 0) is 37.3 Å². The molecule has 0 unspecified atom stereocenters. The Morgan fingerprint density at radius 1 is 1.12 bits per heavy atom. The van der Waals surface area contributed by atoms with Crippen LogP contribution in [0, 0.1) is 17.0 Å². The van der Waals surface area contributed by atoms with Crippen molar-refractivity contribution in [2.45, 2.75) is 6.92 Å². The first-order valence-electron chi connectivity index (χ1n) is 7.78. The van der Waals surface area contributed by atoms with Crippen molar-refractivity contribution in [3.63, 3.8) is 0 Å². The molecule has 0 bridgehead atoms. The van der Waals surface area contributed by atoms with Gasteiger partial charge in [-0.2, -0.15) is 5.10 Å². The molecular formula is C19H15N3O4. The number of furan rings is 1. The molecule has 3 aromatic rings. The molecule has 0 saturated heterocycles. The molecule has 1 aromatic heterocycles. The minimum absolute atomic E-state index is 0.0435. The number of nitrogens with one attached hydrogen (secondary N) is 1. The van der Waals surface area contributed by atoms with Gasteiger partial charge < -0.3 is 4.42 Å². The summed E-state index contributed by atoms with van der Waals surface area (Å²) in [4.78, 5) is 22.6. The monoisotopic (exact) mass is 349 g/mol. The fourth-order valence-corrected chi connectivity index (χ4v) is 2.33. The molecule has 7 nitrogen and oxygen atoms in total. The lowest BCUT2D eigenvalue weighted by atomic mass is 10.1. The highest BCUT2D eigenvalue weighted by atomic mass is 16.6. The number of aryl methyl sites for hydroxylation is 1. The zero-order valence-electron chi connectivity index (χ0n) is 13.9. The van der Waals surface area contributed by atoms with Crippen LogP contribution in [-0.2, 0) is 0 Å². The third kappa shape index (κ3) is 3.84. The van der Waals surface area contributed by atoms with Gasteiger partial charge in [-0.15, -0.1) is 0 Å². The van der Waals surface area contributed by atoms with Crippen molar-refractivity contribution in [1.82, 2.24) is 5.43 Å². The minimum Gasteiger partial charge on any atom is -0.455 e. The van der Waals surface area contributed by atoms with Gasteiger partial charge in [-0.25, -0.2) is 5.43 Å². The van der Waals surface area contributed by atoms with Gasteiger partial charge in [0.2, 0.25) is 0 Å². The summed E-state index contributed by atoms with van der Waals surface area (Å²) in [5.41, 5.74) is 4.29. The van der Waals surface area contributed by atoms with Crippen LogP contribution in [-0.4, -0.2) is 17.0 Å². The predicted octanol–water partition coefficient (Wildman–Crippen LogP) is 3.93. The van der Waals surface area contributed by atoms with Gasteiger partial charge in [-0.3, -0.25) is 14.9 Å². The van der Waals surface area contributed by atoms with Crippen molar-refractivity contribution in [2.24, 2.45) is 5.10 Å². The number of rotatable bonds is 5. The Balaban J connectivity index is 1.71. The van der Waals surface area contributed by atoms with Crippen molar-refractivity contribution in [3.05, 3.63) is 87.7 Å². The molecule has 0 spiro atoms. The van der Waals surface area contributed by atoms with Crippen LogP contribution in [0.25, 0.3) is 11.3 Å². The lowest BCUT2D eigenvalue weighted by Crippen LogP contribution is -2.17. The van der Waals surface area contributed by atoms with E-state index >= 15 is 0 Å². The summed E-state index contributed by atoms with van der Waals surface area (Å²) >= 11 is 0. The van der Waals surface area contributed by atoms with Crippen LogP contribution in [0.2, 0.25) is 0 Å². The van der Waals surface area contributed by atoms with Crippen LogP contribution in [0.1, 0.15) is 21.7 Å². The van der Waals surface area contributed by atoms with E-state index in [2.05, 4.69) is 10.5 Å². The summed E-state index contributed by atoms with van der Waals surface area (Å²) in [5.74, 6) is 0.373. The molecule has 1 N–H and O–H groups in total. The SMILES string of the molecule is Cc1ccc(C(=O)N/N=C/c2ccc(-c3ccccc3[N+](=O)[O-])o2)cc1. The minimum atomic E-state index is -0.465. The van der Waals surface area contributed by atoms with Gasteiger partial charge in [0.15, 0.2) is 0 Å². The van der Waals surface area contributed by atoms with E-state index in [1.807, 2.05) is 19.1 Å². The molecule has 0 saturated carbocycles. The molecule has 0 aliphatic rings. The lowest BCUT2D eigenvalue weighted by molar-refractivity contribution is -0.384. The number of carbonyl (C=O) groups excluding carboxylic acids is 1. The number of nitrogens with zero attached hydrogens (tertiary/aromatic N) is 2. The maximum atomic E-state index is 12.0. The summed E-state index contributed by atoms with van der Waals surface area (Å²) in [6.07, 6.45) is 1.34. The molecule has 1 amide bonds. The van der Waals surface area contributed by atoms with Gasteiger partial charge >= 0.3 is 0 Å². The normalized spacial score (nSPS) is 10.8. The number of amides is 1. The van der Waals surface area contributed by atoms with Gasteiger partial charge in [0.05, 0.1) is 16.7 Å². The van der Waals surface area contributed by atoms with E-state index in [-0.39, 0.29) is 11.6 Å². The maximum Gasteiger partial charge on any atom is 0.280 e. The fraction of sp³-hybridized carbons (Fsp3) is 0.0526. The molecule has 2 aromatic carbocycles. The molecule has 130 valence electrons. The number of nitro benzene ring substituents is 1. The van der Waals surface area contributed by atoms with Crippen molar-refractivity contribution in [2.75, 3.05) is 0 Å². The molecular weight excluding hydrogens is 334 g/mol. The second kappa shape index (κ2) is 7.43. The van der Waals surface area contributed by atoms with E-state index in [9.17, 15) is 14.9 Å². The number of hydrazone groups is 1. The Morgan fingerprint density at radius 3 is 2.58 bits per heavy atom. The third-order valence-electron chi connectivity index (χ3n) is 3.66. The Kier molecular flexibility index (Phi) is 4.89. The first-order valence-corrected chi connectivity index (χ1v) is 7.78. The standard InChI is InChI=1S/C19H15N3O4/c1-13-6-8-14(9-7-13)19(23)21-20-12-15-10-11-18(26-15)16-4-2-3-5-17(16)22(24)25/h2-12H,1H3,(H,21,23)/b20-12+. The number of carbonyl (C=O) groups is 1. The van der Waals surface area contributed by atoms with E-state index in [0.717, 1.165) is 5.56 Å². The number of hydrogen-bond acceptors (Lipinski definition) is 5. The van der Waals surface area contributed by atoms with E-state index in [4.69, 9.17) is 4.42 Å². The summed E-state index contributed by atoms with van der Waals surface area (Å²) in [6, 6.07) is 16.6. The largest absolute Gasteiger partial charge is 0.455 e. The number of benzene rings is 2. The quantitative estimate of drug-likeness (QED) is 0.429. The highest BCUT2D eigenvalue weighted by Gasteiger charge is 2.16. The van der Waals surface area contributed by atoms with Crippen LogP contribution in [0.3, 0.4) is 0 Å². The lowest BCUT2D eigenvalue weighted by Gasteiger charge is -2.00. The number of nitro groups is 1. The highest BCUT2D eigenvalue weighted by molar-refractivity contribution is 5.94. The zero-order valence-corrected chi connectivity index (χ0v) is 13.9. The van der Waals surface area contributed by atoms with Crippen LogP contribution < -0.4 is 5.43 Å². The maximum absolute atomic E-state index is 12.0. The molecule has 0 radical (unpaired) electrons. The van der Waals surface area contributed by atoms with Gasteiger partial charge in [0.1, 0.15) is 11.5 Å². The zero-order chi connectivity index (χ0) is 18.5. The molecule has 0 atom stereocenters. The second-order valence-electron chi connectivity index (χ2n) is 5.54. The Bertz CT molecular complexity index is 974. The van der Waals surface area contributed by atoms with Gasteiger partial charge in [0, 0.05) is 11.6 Å². The van der Waals surface area contributed by atoms with E-state index in [1.165, 1.54) is 12.3 Å². The van der Waals surface area contributed by atoms with E-state index in [1.54, 1.807) is 42.5 Å². The first-order chi connectivity index (χ1) is 12.5. The number of para-hydroxylation sites is 1. The van der Waals surface area contributed by atoms with Crippen molar-refractivity contribution in [1.29, 1.82) is 0 Å². The van der Waals surface area contributed by atoms with Crippen LogP contribution in [0.15, 0.2) is 70.2 Å². The molecule has 26 heavy (non-hydrogen) atoms. The second-order valence-corrected chi connectivity index (χ2v) is 5.54. The van der Waals surface area contributed by atoms with Gasteiger partial charge in [0.25, 0.3) is 11.6 Å². The number of hydrogen-bond donors (Lipinski definition) is 1. The summed E-state index contributed by atoms with van der Waals surface area (Å²) in [6.45, 7) is 1.94. The smallest absolute Gasteiger partial charge is 0.280 e. The summed E-state index contributed by atoms with van der Waals surface area (Å²) in [5, 5.41) is 14.9. The average molecular weight is 349 g/mol. The van der Waals surface area contributed by atoms with E-state index in [0.29, 0.717) is 22.6 Å². The van der Waals surface area contributed by atoms with Crippen molar-refractivity contribution >= 4 is 17.8 Å². The first kappa shape index (κ1) is 17.1. The summed E-state index contributed by atoms with van der Waals surface area (Å²) in [7, 11) is 0. The average Bonchev–Trinajstić information content (AvgIpc) is 3.11.